The zero-order valence-electron chi connectivity index (χ0n) is 19.5. The first-order chi connectivity index (χ1) is 15.9. The molecule has 0 spiro atoms. The van der Waals surface area contributed by atoms with Crippen LogP contribution in [0.1, 0.15) is 29.5 Å². The summed E-state index contributed by atoms with van der Waals surface area (Å²) in [6.07, 6.45) is 3.27. The minimum atomic E-state index is 0.0735. The van der Waals surface area contributed by atoms with E-state index in [1.807, 2.05) is 44.2 Å². The highest BCUT2D eigenvalue weighted by Gasteiger charge is 2.29. The molecule has 0 bridgehead atoms. The Morgan fingerprint density at radius 2 is 1.79 bits per heavy atom. The van der Waals surface area contributed by atoms with E-state index in [0.717, 1.165) is 62.4 Å². The van der Waals surface area contributed by atoms with Crippen molar-refractivity contribution in [3.05, 3.63) is 63.1 Å². The van der Waals surface area contributed by atoms with E-state index in [9.17, 15) is 4.79 Å². The Hall–Kier alpha value is -1.63. The molecule has 2 N–H and O–H groups in total. The fourth-order valence-electron chi connectivity index (χ4n) is 5.10. The molecule has 2 heterocycles. The molecule has 0 radical (unpaired) electrons. The van der Waals surface area contributed by atoms with Crippen molar-refractivity contribution < 1.29 is 4.79 Å². The minimum absolute atomic E-state index is 0.0735. The molecular weight excluding hydrogens is 455 g/mol. The second-order valence-electron chi connectivity index (χ2n) is 9.41. The van der Waals surface area contributed by atoms with Gasteiger partial charge in [0, 0.05) is 44.0 Å². The van der Waals surface area contributed by atoms with Gasteiger partial charge in [-0.25, -0.2) is 0 Å². The molecule has 2 aliphatic rings. The van der Waals surface area contributed by atoms with Crippen molar-refractivity contribution in [3.63, 3.8) is 0 Å². The van der Waals surface area contributed by atoms with Crippen molar-refractivity contribution in [3.8, 4) is 0 Å². The van der Waals surface area contributed by atoms with Crippen LogP contribution in [0.3, 0.4) is 0 Å². The van der Waals surface area contributed by atoms with Crippen molar-refractivity contribution in [1.29, 1.82) is 0 Å². The maximum atomic E-state index is 12.6. The van der Waals surface area contributed by atoms with E-state index >= 15 is 0 Å². The van der Waals surface area contributed by atoms with Crippen LogP contribution in [0.15, 0.2) is 36.4 Å². The molecular formula is C26H34Cl2N4O. The number of carbonyl (C=O) groups excluding carboxylic acids is 1. The summed E-state index contributed by atoms with van der Waals surface area (Å²) in [6.45, 7) is 9.46. The summed E-state index contributed by atoms with van der Waals surface area (Å²) in [6, 6.07) is 13.1. The molecule has 2 atom stereocenters. The first kappa shape index (κ1) is 24.5. The van der Waals surface area contributed by atoms with Crippen LogP contribution in [0.25, 0.3) is 0 Å². The van der Waals surface area contributed by atoms with E-state index in [1.54, 1.807) is 0 Å². The van der Waals surface area contributed by atoms with Crippen LogP contribution in [0.5, 0.6) is 0 Å². The quantitative estimate of drug-likeness (QED) is 0.626. The number of hydrogen-bond donors (Lipinski definition) is 2. The summed E-state index contributed by atoms with van der Waals surface area (Å²) in [5.74, 6) is 0.0735. The zero-order chi connectivity index (χ0) is 23.4. The molecule has 2 fully saturated rings. The van der Waals surface area contributed by atoms with E-state index in [4.69, 9.17) is 23.2 Å². The van der Waals surface area contributed by atoms with Crippen LogP contribution in [0, 0.1) is 13.8 Å². The van der Waals surface area contributed by atoms with Gasteiger partial charge >= 0.3 is 0 Å². The maximum absolute atomic E-state index is 12.6. The SMILES string of the molecule is Cc1cccc(C)c1NC(=O)CN1CCN(C2CCNC(Cc3ccc(Cl)c(Cl)c3)C2)CC1. The summed E-state index contributed by atoms with van der Waals surface area (Å²) in [4.78, 5) is 17.5. The number of carbonyl (C=O) groups is 1. The van der Waals surface area contributed by atoms with Gasteiger partial charge in [0.1, 0.15) is 0 Å². The molecule has 4 rings (SSSR count). The monoisotopic (exact) mass is 488 g/mol. The smallest absolute Gasteiger partial charge is 0.238 e. The van der Waals surface area contributed by atoms with Gasteiger partial charge in [0.25, 0.3) is 0 Å². The van der Waals surface area contributed by atoms with Crippen LogP contribution in [0.4, 0.5) is 5.69 Å². The van der Waals surface area contributed by atoms with Gasteiger partial charge in [-0.15, -0.1) is 0 Å². The molecule has 1 amide bonds. The Labute approximate surface area is 207 Å². The number of anilines is 1. The number of benzene rings is 2. The fourth-order valence-corrected chi connectivity index (χ4v) is 5.42. The van der Waals surface area contributed by atoms with Crippen LogP contribution < -0.4 is 10.6 Å². The van der Waals surface area contributed by atoms with E-state index in [0.29, 0.717) is 28.7 Å². The Kier molecular flexibility index (Phi) is 8.31. The number of nitrogens with zero attached hydrogens (tertiary/aromatic N) is 2. The number of piperazine rings is 1. The van der Waals surface area contributed by atoms with Crippen LogP contribution in [0.2, 0.25) is 10.0 Å². The minimum Gasteiger partial charge on any atom is -0.324 e. The molecule has 2 unspecified atom stereocenters. The van der Waals surface area contributed by atoms with Crippen LogP contribution in [-0.2, 0) is 11.2 Å². The third kappa shape index (κ3) is 6.49. The maximum Gasteiger partial charge on any atom is 0.238 e. The predicted molar refractivity (Wildman–Crippen MR) is 138 cm³/mol. The number of rotatable bonds is 6. The number of halogens is 2. The third-order valence-electron chi connectivity index (χ3n) is 6.97. The molecule has 2 saturated heterocycles. The molecule has 2 aliphatic heterocycles. The Balaban J connectivity index is 1.24. The van der Waals surface area contributed by atoms with E-state index < -0.39 is 0 Å². The number of aryl methyl sites for hydroxylation is 2. The van der Waals surface area contributed by atoms with Gasteiger partial charge in [-0.2, -0.15) is 0 Å². The molecule has 2 aromatic carbocycles. The van der Waals surface area contributed by atoms with Gasteiger partial charge in [0.05, 0.1) is 16.6 Å². The lowest BCUT2D eigenvalue weighted by molar-refractivity contribution is -0.117. The zero-order valence-corrected chi connectivity index (χ0v) is 21.1. The highest BCUT2D eigenvalue weighted by atomic mass is 35.5. The average Bonchev–Trinajstić information content (AvgIpc) is 2.80. The molecule has 7 heteroatoms. The normalized spacial score (nSPS) is 22.3. The summed E-state index contributed by atoms with van der Waals surface area (Å²) in [7, 11) is 0. The highest BCUT2D eigenvalue weighted by Crippen LogP contribution is 2.25. The van der Waals surface area contributed by atoms with Gasteiger partial charge in [0.2, 0.25) is 5.91 Å². The van der Waals surface area contributed by atoms with E-state index in [2.05, 4.69) is 26.5 Å². The molecule has 33 heavy (non-hydrogen) atoms. The molecule has 5 nitrogen and oxygen atoms in total. The van der Waals surface area contributed by atoms with Crippen LogP contribution >= 0.6 is 23.2 Å². The Bertz CT molecular complexity index is 955. The number of nitrogens with one attached hydrogen (secondary N) is 2. The summed E-state index contributed by atoms with van der Waals surface area (Å²) in [5.41, 5.74) is 4.38. The van der Waals surface area contributed by atoms with Crippen molar-refractivity contribution in [2.24, 2.45) is 0 Å². The largest absolute Gasteiger partial charge is 0.324 e. The topological polar surface area (TPSA) is 47.6 Å². The summed E-state index contributed by atoms with van der Waals surface area (Å²) in [5, 5.41) is 8.02. The standard InChI is InChI=1S/C26H34Cl2N4O/c1-18-4-3-5-19(2)26(18)30-25(33)17-31-10-12-32(13-11-31)22-8-9-29-21(16-22)14-20-6-7-23(27)24(28)15-20/h3-7,15,21-22,29H,8-14,16-17H2,1-2H3,(H,30,33). The van der Waals surface area contributed by atoms with E-state index in [-0.39, 0.29) is 5.91 Å². The number of hydrogen-bond acceptors (Lipinski definition) is 4. The summed E-state index contributed by atoms with van der Waals surface area (Å²) >= 11 is 12.3. The van der Waals surface area contributed by atoms with Gasteiger partial charge < -0.3 is 10.6 Å². The van der Waals surface area contributed by atoms with Gasteiger partial charge in [-0.1, -0.05) is 47.5 Å². The van der Waals surface area contributed by atoms with Crippen molar-refractivity contribution in [2.45, 2.75) is 45.2 Å². The first-order valence-electron chi connectivity index (χ1n) is 11.9. The number of piperidine rings is 1. The molecule has 0 aromatic heterocycles. The molecule has 2 aromatic rings. The Morgan fingerprint density at radius 1 is 1.06 bits per heavy atom. The van der Waals surface area contributed by atoms with Crippen molar-refractivity contribution in [1.82, 2.24) is 15.1 Å². The lowest BCUT2D eigenvalue weighted by atomic mass is 9.93. The molecule has 0 aliphatic carbocycles. The average molecular weight is 489 g/mol. The first-order valence-corrected chi connectivity index (χ1v) is 12.6. The molecule has 178 valence electrons. The molecule has 0 saturated carbocycles. The number of amides is 1. The van der Waals surface area contributed by atoms with Gasteiger partial charge in [0.15, 0.2) is 0 Å². The number of para-hydroxylation sites is 1. The lowest BCUT2D eigenvalue weighted by Crippen LogP contribution is -2.55. The van der Waals surface area contributed by atoms with Gasteiger partial charge in [-0.3, -0.25) is 14.6 Å². The van der Waals surface area contributed by atoms with E-state index in [1.165, 1.54) is 12.0 Å². The second kappa shape index (κ2) is 11.2. The Morgan fingerprint density at radius 3 is 2.48 bits per heavy atom. The summed E-state index contributed by atoms with van der Waals surface area (Å²) < 4.78 is 0. The van der Waals surface area contributed by atoms with Gasteiger partial charge in [-0.05, 0) is 68.5 Å². The predicted octanol–water partition coefficient (Wildman–Crippen LogP) is 4.53. The van der Waals surface area contributed by atoms with Crippen LogP contribution in [-0.4, -0.2) is 67.1 Å². The second-order valence-corrected chi connectivity index (χ2v) is 10.2. The highest BCUT2D eigenvalue weighted by molar-refractivity contribution is 6.42. The van der Waals surface area contributed by atoms with Crippen molar-refractivity contribution in [2.75, 3.05) is 44.6 Å². The van der Waals surface area contributed by atoms with Crippen molar-refractivity contribution >= 4 is 34.8 Å². The third-order valence-corrected chi connectivity index (χ3v) is 7.71. The lowest BCUT2D eigenvalue weighted by Gasteiger charge is -2.42. The fraction of sp³-hybridized carbons (Fsp3) is 0.500.